The highest BCUT2D eigenvalue weighted by atomic mass is 19.1. The Kier molecular flexibility index (Phi) is 2.19. The summed E-state index contributed by atoms with van der Waals surface area (Å²) in [6.07, 6.45) is -0.0486. The van der Waals surface area contributed by atoms with Gasteiger partial charge in [-0.2, -0.15) is 0 Å². The number of carbonyl (C=O) groups is 3. The number of carboxylic acid groups (broad SMARTS) is 1. The first-order chi connectivity index (χ1) is 7.49. The summed E-state index contributed by atoms with van der Waals surface area (Å²) >= 11 is 0. The van der Waals surface area contributed by atoms with Gasteiger partial charge in [0.2, 0.25) is 5.91 Å². The molecule has 1 aromatic rings. The lowest BCUT2D eigenvalue weighted by Crippen LogP contribution is -2.13. The van der Waals surface area contributed by atoms with E-state index in [9.17, 15) is 18.8 Å². The maximum absolute atomic E-state index is 13.4. The summed E-state index contributed by atoms with van der Waals surface area (Å²) in [5, 5.41) is 10.8. The van der Waals surface area contributed by atoms with Gasteiger partial charge in [-0.1, -0.05) is 0 Å². The quantitative estimate of drug-likeness (QED) is 0.567. The summed E-state index contributed by atoms with van der Waals surface area (Å²) in [6.45, 7) is 0. The molecule has 0 spiro atoms. The third-order valence-electron chi connectivity index (χ3n) is 2.24. The molecule has 2 N–H and O–H groups in total. The first-order valence-electron chi connectivity index (χ1n) is 4.39. The highest BCUT2D eigenvalue weighted by Crippen LogP contribution is 2.27. The molecule has 5 nitrogen and oxygen atoms in total. The maximum atomic E-state index is 13.4. The Bertz CT molecular complexity index is 524. The molecular weight excluding hydrogens is 217 g/mol. The number of ketones is 1. The van der Waals surface area contributed by atoms with Crippen molar-refractivity contribution in [2.75, 3.05) is 5.32 Å². The predicted octanol–water partition coefficient (Wildman–Crippen LogP) is 0.588. The number of carbonyl (C=O) groups excluding carboxylic acids is 2. The van der Waals surface area contributed by atoms with Crippen molar-refractivity contribution in [2.24, 2.45) is 0 Å². The molecule has 0 radical (unpaired) electrons. The van der Waals surface area contributed by atoms with E-state index >= 15 is 0 Å². The van der Waals surface area contributed by atoms with Gasteiger partial charge in [-0.05, 0) is 17.7 Å². The third-order valence-corrected chi connectivity index (χ3v) is 2.24. The van der Waals surface area contributed by atoms with E-state index < -0.39 is 17.6 Å². The minimum Gasteiger partial charge on any atom is -0.475 e. The molecular formula is C10H6FNO4. The van der Waals surface area contributed by atoms with Crippen molar-refractivity contribution in [1.82, 2.24) is 0 Å². The Morgan fingerprint density at radius 1 is 1.38 bits per heavy atom. The van der Waals surface area contributed by atoms with Crippen LogP contribution in [0.3, 0.4) is 0 Å². The lowest BCUT2D eigenvalue weighted by molar-refractivity contribution is -0.131. The van der Waals surface area contributed by atoms with Crippen LogP contribution in [0.5, 0.6) is 0 Å². The van der Waals surface area contributed by atoms with Gasteiger partial charge in [0, 0.05) is 5.56 Å². The van der Waals surface area contributed by atoms with E-state index in [1.165, 1.54) is 6.07 Å². The van der Waals surface area contributed by atoms with Gasteiger partial charge in [-0.25, -0.2) is 9.18 Å². The molecule has 1 amide bonds. The molecule has 0 aliphatic carbocycles. The van der Waals surface area contributed by atoms with Gasteiger partial charge in [-0.3, -0.25) is 9.59 Å². The van der Waals surface area contributed by atoms with E-state index in [1.807, 2.05) is 0 Å². The number of rotatable bonds is 2. The molecule has 1 aliphatic heterocycles. The topological polar surface area (TPSA) is 83.5 Å². The molecule has 0 unspecified atom stereocenters. The smallest absolute Gasteiger partial charge is 0.377 e. The molecule has 82 valence electrons. The second-order valence-corrected chi connectivity index (χ2v) is 3.35. The Balaban J connectivity index is 2.50. The summed E-state index contributed by atoms with van der Waals surface area (Å²) in [5.74, 6) is -4.03. The van der Waals surface area contributed by atoms with E-state index in [4.69, 9.17) is 5.11 Å². The first kappa shape index (κ1) is 10.3. The summed E-state index contributed by atoms with van der Waals surface area (Å²) in [6, 6.07) is 2.02. The Morgan fingerprint density at radius 3 is 2.69 bits per heavy atom. The molecule has 0 saturated heterocycles. The molecule has 0 fully saturated rings. The van der Waals surface area contributed by atoms with Crippen LogP contribution in [-0.4, -0.2) is 22.8 Å². The molecule has 0 aromatic heterocycles. The summed E-state index contributed by atoms with van der Waals surface area (Å²) in [4.78, 5) is 32.5. The predicted molar refractivity (Wildman–Crippen MR) is 50.7 cm³/mol. The summed E-state index contributed by atoms with van der Waals surface area (Å²) < 4.78 is 13.4. The van der Waals surface area contributed by atoms with Gasteiger partial charge in [0.1, 0.15) is 5.82 Å². The van der Waals surface area contributed by atoms with E-state index in [0.29, 0.717) is 5.56 Å². The number of halogens is 1. The van der Waals surface area contributed by atoms with Gasteiger partial charge >= 0.3 is 5.97 Å². The van der Waals surface area contributed by atoms with Crippen molar-refractivity contribution >= 4 is 23.3 Å². The van der Waals surface area contributed by atoms with Crippen LogP contribution in [0.2, 0.25) is 0 Å². The standard InChI is InChI=1S/C10H6FNO4/c11-6-2-5(9(14)10(15)16)1-4-3-7(13)12-8(4)6/h1-2H,3H2,(H,12,13)(H,15,16). The first-order valence-corrected chi connectivity index (χ1v) is 4.39. The monoisotopic (exact) mass is 223 g/mol. The van der Waals surface area contributed by atoms with Crippen molar-refractivity contribution in [3.05, 3.63) is 29.1 Å². The average Bonchev–Trinajstić information content (AvgIpc) is 2.57. The van der Waals surface area contributed by atoms with Gasteiger partial charge < -0.3 is 10.4 Å². The zero-order valence-corrected chi connectivity index (χ0v) is 7.91. The van der Waals surface area contributed by atoms with Crippen molar-refractivity contribution in [1.29, 1.82) is 0 Å². The largest absolute Gasteiger partial charge is 0.475 e. The van der Waals surface area contributed by atoms with Crippen LogP contribution in [0.15, 0.2) is 12.1 Å². The lowest BCUT2D eigenvalue weighted by Gasteiger charge is -2.02. The van der Waals surface area contributed by atoms with Crippen molar-refractivity contribution < 1.29 is 23.9 Å². The van der Waals surface area contributed by atoms with Crippen LogP contribution >= 0.6 is 0 Å². The number of fused-ring (bicyclic) bond motifs is 1. The number of carboxylic acids is 1. The molecule has 0 bridgehead atoms. The maximum Gasteiger partial charge on any atom is 0.377 e. The number of aliphatic carboxylic acids is 1. The van der Waals surface area contributed by atoms with Crippen LogP contribution in [0.4, 0.5) is 10.1 Å². The summed E-state index contributed by atoms with van der Waals surface area (Å²) in [5.41, 5.74) is 0.0572. The van der Waals surface area contributed by atoms with Crippen LogP contribution in [0.1, 0.15) is 15.9 Å². The van der Waals surface area contributed by atoms with E-state index in [0.717, 1.165) is 6.07 Å². The van der Waals surface area contributed by atoms with Gasteiger partial charge in [0.15, 0.2) is 0 Å². The lowest BCUT2D eigenvalue weighted by atomic mass is 10.0. The molecule has 1 heterocycles. The van der Waals surface area contributed by atoms with E-state index in [-0.39, 0.29) is 23.6 Å². The minimum absolute atomic E-state index is 0.0203. The number of nitrogens with one attached hydrogen (secondary N) is 1. The molecule has 16 heavy (non-hydrogen) atoms. The summed E-state index contributed by atoms with van der Waals surface area (Å²) in [7, 11) is 0. The third kappa shape index (κ3) is 1.54. The minimum atomic E-state index is -1.66. The Labute approximate surface area is 88.9 Å². The molecule has 0 atom stereocenters. The normalized spacial score (nSPS) is 13.2. The fourth-order valence-electron chi connectivity index (χ4n) is 1.55. The van der Waals surface area contributed by atoms with Crippen LogP contribution in [-0.2, 0) is 16.0 Å². The second kappa shape index (κ2) is 3.41. The Hall–Kier alpha value is -2.24. The molecule has 1 aromatic carbocycles. The zero-order valence-electron chi connectivity index (χ0n) is 7.91. The van der Waals surface area contributed by atoms with E-state index in [2.05, 4.69) is 5.32 Å². The fraction of sp³-hybridized carbons (Fsp3) is 0.100. The van der Waals surface area contributed by atoms with Crippen LogP contribution in [0.25, 0.3) is 0 Å². The van der Waals surface area contributed by atoms with Gasteiger partial charge in [-0.15, -0.1) is 0 Å². The van der Waals surface area contributed by atoms with Gasteiger partial charge in [0.25, 0.3) is 5.78 Å². The van der Waals surface area contributed by atoms with Crippen molar-refractivity contribution in [2.45, 2.75) is 6.42 Å². The molecule has 0 saturated carbocycles. The van der Waals surface area contributed by atoms with Crippen molar-refractivity contribution in [3.8, 4) is 0 Å². The SMILES string of the molecule is O=C1Cc2cc(C(=O)C(=O)O)cc(F)c2N1. The number of hydrogen-bond acceptors (Lipinski definition) is 3. The van der Waals surface area contributed by atoms with Crippen molar-refractivity contribution in [3.63, 3.8) is 0 Å². The van der Waals surface area contributed by atoms with Crippen LogP contribution < -0.4 is 5.32 Å². The zero-order chi connectivity index (χ0) is 11.9. The number of benzene rings is 1. The average molecular weight is 223 g/mol. The number of hydrogen-bond donors (Lipinski definition) is 2. The van der Waals surface area contributed by atoms with Gasteiger partial charge in [0.05, 0.1) is 12.1 Å². The number of amides is 1. The molecule has 2 rings (SSSR count). The fourth-order valence-corrected chi connectivity index (χ4v) is 1.55. The Morgan fingerprint density at radius 2 is 2.06 bits per heavy atom. The molecule has 1 aliphatic rings. The van der Waals surface area contributed by atoms with E-state index in [1.54, 1.807) is 0 Å². The number of Topliss-reactive ketones (excluding diaryl/α,β-unsaturated/α-hetero) is 1. The molecule has 6 heteroatoms. The highest BCUT2D eigenvalue weighted by molar-refractivity contribution is 6.40. The van der Waals surface area contributed by atoms with Crippen LogP contribution in [0, 0.1) is 5.82 Å². The second-order valence-electron chi connectivity index (χ2n) is 3.35. The number of anilines is 1. The highest BCUT2D eigenvalue weighted by Gasteiger charge is 2.25.